The average molecular weight is 415 g/mol. The van der Waals surface area contributed by atoms with Crippen molar-refractivity contribution >= 4 is 29.6 Å². The molecule has 0 aromatic heterocycles. The van der Waals surface area contributed by atoms with Crippen molar-refractivity contribution in [3.05, 3.63) is 72.3 Å². The Labute approximate surface area is 179 Å². The summed E-state index contributed by atoms with van der Waals surface area (Å²) in [7, 11) is 0. The highest BCUT2D eigenvalue weighted by molar-refractivity contribution is 6.06. The van der Waals surface area contributed by atoms with E-state index in [4.69, 9.17) is 4.74 Å². The smallest absolute Gasteiger partial charge is 0.262 e. The molecule has 156 valence electrons. The van der Waals surface area contributed by atoms with Gasteiger partial charge in [-0.15, -0.1) is 0 Å². The number of hydrogen-bond acceptors (Lipinski definition) is 5. The van der Waals surface area contributed by atoms with Gasteiger partial charge in [-0.1, -0.05) is 30.4 Å². The Kier molecular flexibility index (Phi) is 4.86. The number of amides is 3. The van der Waals surface area contributed by atoms with E-state index >= 15 is 0 Å². The van der Waals surface area contributed by atoms with E-state index in [0.717, 1.165) is 17.0 Å². The fourth-order valence-corrected chi connectivity index (χ4v) is 4.64. The van der Waals surface area contributed by atoms with Crippen molar-refractivity contribution < 1.29 is 19.1 Å². The number of allylic oxidation sites excluding steroid dienone is 2. The first-order valence-corrected chi connectivity index (χ1v) is 10.3. The Morgan fingerprint density at radius 1 is 1.00 bits per heavy atom. The number of para-hydroxylation sites is 1. The van der Waals surface area contributed by atoms with Crippen LogP contribution in [0.25, 0.3) is 0 Å². The fraction of sp³-hybridized carbons (Fsp3) is 0.250. The first kappa shape index (κ1) is 19.2. The number of nitrogens with one attached hydrogen (secondary N) is 1. The van der Waals surface area contributed by atoms with Gasteiger partial charge in [0.05, 0.1) is 18.1 Å². The molecule has 1 aliphatic heterocycles. The van der Waals surface area contributed by atoms with E-state index in [0.29, 0.717) is 11.4 Å². The molecule has 0 radical (unpaired) electrons. The molecule has 2 aliphatic carbocycles. The Balaban J connectivity index is 1.16. The predicted molar refractivity (Wildman–Crippen MR) is 114 cm³/mol. The number of carbonyl (C=O) groups excluding carboxylic acids is 3. The summed E-state index contributed by atoms with van der Waals surface area (Å²) < 4.78 is 5.51. The molecular formula is C24H21N3O4. The molecule has 1 heterocycles. The summed E-state index contributed by atoms with van der Waals surface area (Å²) in [4.78, 5) is 37.3. The molecule has 0 spiro atoms. The summed E-state index contributed by atoms with van der Waals surface area (Å²) in [6.07, 6.45) is 6.51. The van der Waals surface area contributed by atoms with E-state index in [2.05, 4.69) is 22.6 Å². The van der Waals surface area contributed by atoms with Crippen LogP contribution >= 0.6 is 0 Å². The van der Waals surface area contributed by atoms with Crippen LogP contribution in [-0.2, 0) is 14.4 Å². The van der Waals surface area contributed by atoms with Gasteiger partial charge >= 0.3 is 0 Å². The SMILES string of the molecule is O=C(COc1ccc(C=NN2C(=O)C3C4C=CC(C4)C3C2=O)cc1)Nc1ccccc1. The van der Waals surface area contributed by atoms with Gasteiger partial charge in [-0.05, 0) is 60.2 Å². The molecule has 7 nitrogen and oxygen atoms in total. The number of ether oxygens (including phenoxy) is 1. The number of hydrogen-bond donors (Lipinski definition) is 1. The average Bonchev–Trinajstić information content (AvgIpc) is 3.47. The maximum absolute atomic E-state index is 12.6. The minimum absolute atomic E-state index is 0.113. The first-order chi connectivity index (χ1) is 15.1. The molecule has 4 atom stereocenters. The van der Waals surface area contributed by atoms with Crippen LogP contribution in [0, 0.1) is 23.7 Å². The highest BCUT2D eigenvalue weighted by Gasteiger charge is 2.59. The molecule has 1 saturated carbocycles. The van der Waals surface area contributed by atoms with Crippen LogP contribution in [0.5, 0.6) is 5.75 Å². The molecule has 1 saturated heterocycles. The largest absolute Gasteiger partial charge is 0.484 e. The van der Waals surface area contributed by atoms with Gasteiger partial charge in [0.15, 0.2) is 6.61 Å². The van der Waals surface area contributed by atoms with Crippen molar-refractivity contribution in [1.29, 1.82) is 0 Å². The van der Waals surface area contributed by atoms with E-state index in [-0.39, 0.29) is 48.0 Å². The molecule has 3 amide bonds. The summed E-state index contributed by atoms with van der Waals surface area (Å²) in [5, 5.41) is 7.94. The summed E-state index contributed by atoms with van der Waals surface area (Å²) in [6.45, 7) is -0.113. The standard InChI is InChI=1S/C24H21N3O4/c28-20(26-18-4-2-1-3-5-18)14-31-19-10-6-15(7-11-19)13-25-27-23(29)21-16-8-9-17(12-16)22(21)24(27)30/h1-11,13,16-17,21-22H,12,14H2,(H,26,28). The Morgan fingerprint density at radius 3 is 2.29 bits per heavy atom. The molecule has 7 heteroatoms. The maximum Gasteiger partial charge on any atom is 0.262 e. The summed E-state index contributed by atoms with van der Waals surface area (Å²) in [6, 6.07) is 16.1. The van der Waals surface area contributed by atoms with Crippen LogP contribution in [0.2, 0.25) is 0 Å². The minimum Gasteiger partial charge on any atom is -0.484 e. The topological polar surface area (TPSA) is 88.1 Å². The fourth-order valence-electron chi connectivity index (χ4n) is 4.64. The van der Waals surface area contributed by atoms with Crippen LogP contribution in [0.3, 0.4) is 0 Å². The lowest BCUT2D eigenvalue weighted by atomic mass is 9.85. The van der Waals surface area contributed by atoms with Crippen LogP contribution in [0.4, 0.5) is 5.69 Å². The van der Waals surface area contributed by atoms with E-state index < -0.39 is 0 Å². The van der Waals surface area contributed by atoms with Crippen molar-refractivity contribution in [3.8, 4) is 5.75 Å². The van der Waals surface area contributed by atoms with Crippen molar-refractivity contribution in [2.45, 2.75) is 6.42 Å². The predicted octanol–water partition coefficient (Wildman–Crippen LogP) is 2.85. The molecule has 2 aromatic carbocycles. The molecule has 3 aliphatic rings. The van der Waals surface area contributed by atoms with Gasteiger partial charge in [0, 0.05) is 5.69 Å². The first-order valence-electron chi connectivity index (χ1n) is 10.3. The second-order valence-electron chi connectivity index (χ2n) is 8.00. The molecule has 31 heavy (non-hydrogen) atoms. The zero-order valence-electron chi connectivity index (χ0n) is 16.7. The molecule has 2 aromatic rings. The third-order valence-corrected chi connectivity index (χ3v) is 6.08. The van der Waals surface area contributed by atoms with E-state index in [1.165, 1.54) is 6.21 Å². The van der Waals surface area contributed by atoms with Crippen molar-refractivity contribution in [3.63, 3.8) is 0 Å². The third kappa shape index (κ3) is 3.63. The number of imide groups is 1. The molecule has 1 N–H and O–H groups in total. The number of benzene rings is 2. The van der Waals surface area contributed by atoms with Gasteiger partial charge in [-0.3, -0.25) is 14.4 Å². The zero-order chi connectivity index (χ0) is 21.4. The van der Waals surface area contributed by atoms with E-state index in [9.17, 15) is 14.4 Å². The lowest BCUT2D eigenvalue weighted by molar-refractivity contribution is -0.140. The second kappa shape index (κ2) is 7.83. The van der Waals surface area contributed by atoms with Gasteiger partial charge in [0.2, 0.25) is 0 Å². The molecule has 2 bridgehead atoms. The van der Waals surface area contributed by atoms with Crippen molar-refractivity contribution in [2.75, 3.05) is 11.9 Å². The van der Waals surface area contributed by atoms with E-state index in [1.807, 2.05) is 18.2 Å². The third-order valence-electron chi connectivity index (χ3n) is 6.08. The highest BCUT2D eigenvalue weighted by atomic mass is 16.5. The molecule has 4 unspecified atom stereocenters. The second-order valence-corrected chi connectivity index (χ2v) is 8.00. The normalized spacial score (nSPS) is 26.0. The van der Waals surface area contributed by atoms with Gasteiger partial charge < -0.3 is 10.1 Å². The summed E-state index contributed by atoms with van der Waals surface area (Å²) in [5.41, 5.74) is 1.43. The van der Waals surface area contributed by atoms with Crippen molar-refractivity contribution in [1.82, 2.24) is 5.01 Å². The Morgan fingerprint density at radius 2 is 1.65 bits per heavy atom. The monoisotopic (exact) mass is 415 g/mol. The zero-order valence-corrected chi connectivity index (χ0v) is 16.7. The number of rotatable bonds is 6. The van der Waals surface area contributed by atoms with Crippen molar-refractivity contribution in [2.24, 2.45) is 28.8 Å². The van der Waals surface area contributed by atoms with Gasteiger partial charge in [0.1, 0.15) is 5.75 Å². The molecule has 2 fully saturated rings. The highest BCUT2D eigenvalue weighted by Crippen LogP contribution is 2.52. The molecule has 5 rings (SSSR count). The Bertz CT molecular complexity index is 1050. The lowest BCUT2D eigenvalue weighted by Gasteiger charge is -2.13. The van der Waals surface area contributed by atoms with Gasteiger partial charge in [-0.2, -0.15) is 10.1 Å². The summed E-state index contributed by atoms with van der Waals surface area (Å²) in [5.74, 6) is -0.290. The number of fused-ring (bicyclic) bond motifs is 5. The number of nitrogens with zero attached hydrogens (tertiary/aromatic N) is 2. The number of anilines is 1. The Hall–Kier alpha value is -3.74. The van der Waals surface area contributed by atoms with Crippen LogP contribution in [0.1, 0.15) is 12.0 Å². The van der Waals surface area contributed by atoms with Crippen LogP contribution in [-0.4, -0.2) is 35.6 Å². The minimum atomic E-state index is -0.253. The number of carbonyl (C=O) groups is 3. The quantitative estimate of drug-likeness (QED) is 0.446. The van der Waals surface area contributed by atoms with Gasteiger partial charge in [0.25, 0.3) is 17.7 Å². The van der Waals surface area contributed by atoms with Crippen LogP contribution < -0.4 is 10.1 Å². The van der Waals surface area contributed by atoms with Gasteiger partial charge in [-0.25, -0.2) is 0 Å². The molecular weight excluding hydrogens is 394 g/mol. The van der Waals surface area contributed by atoms with E-state index in [1.54, 1.807) is 36.4 Å². The lowest BCUT2D eigenvalue weighted by Crippen LogP contribution is -2.28. The maximum atomic E-state index is 12.6. The van der Waals surface area contributed by atoms with Crippen LogP contribution in [0.15, 0.2) is 71.9 Å². The summed E-state index contributed by atoms with van der Waals surface area (Å²) >= 11 is 0. The number of hydrazone groups is 1.